The first-order valence-electron chi connectivity index (χ1n) is 7.84. The van der Waals surface area contributed by atoms with Gasteiger partial charge in [0.25, 0.3) is 10.0 Å². The second-order valence-electron chi connectivity index (χ2n) is 6.24. The third-order valence-corrected chi connectivity index (χ3v) is 6.52. The van der Waals surface area contributed by atoms with Gasteiger partial charge in [0, 0.05) is 0 Å². The molecule has 0 aliphatic carbocycles. The first-order valence-corrected chi connectivity index (χ1v) is 9.33. The highest BCUT2D eigenvalue weighted by Gasteiger charge is 2.24. The highest BCUT2D eigenvalue weighted by atomic mass is 32.2. The lowest BCUT2D eigenvalue weighted by Gasteiger charge is -2.20. The molecule has 0 radical (unpaired) electrons. The van der Waals surface area contributed by atoms with Crippen molar-refractivity contribution in [3.05, 3.63) is 51.6 Å². The molecule has 0 fully saturated rings. The largest absolute Gasteiger partial charge is 0.497 e. The van der Waals surface area contributed by atoms with Crippen molar-refractivity contribution in [2.45, 2.75) is 46.4 Å². The van der Waals surface area contributed by atoms with E-state index in [-0.39, 0.29) is 0 Å². The maximum absolute atomic E-state index is 13.0. The van der Waals surface area contributed by atoms with Gasteiger partial charge in [0.1, 0.15) is 5.75 Å². The van der Waals surface area contributed by atoms with Crippen LogP contribution in [0.4, 0.5) is 5.69 Å². The van der Waals surface area contributed by atoms with E-state index in [0.29, 0.717) is 16.3 Å². The molecule has 0 saturated heterocycles. The molecule has 0 aromatic heterocycles. The van der Waals surface area contributed by atoms with E-state index in [2.05, 4.69) is 4.72 Å². The van der Waals surface area contributed by atoms with Crippen molar-refractivity contribution >= 4 is 15.7 Å². The summed E-state index contributed by atoms with van der Waals surface area (Å²) >= 11 is 0. The molecule has 5 heteroatoms. The van der Waals surface area contributed by atoms with Crippen LogP contribution in [0.1, 0.15) is 33.4 Å². The Morgan fingerprint density at radius 2 is 1.33 bits per heavy atom. The number of aryl methyl sites for hydroxylation is 1. The number of rotatable bonds is 4. The van der Waals surface area contributed by atoms with Gasteiger partial charge < -0.3 is 4.74 Å². The maximum atomic E-state index is 13.0. The second-order valence-corrected chi connectivity index (χ2v) is 7.86. The van der Waals surface area contributed by atoms with Crippen LogP contribution in [0.3, 0.4) is 0 Å². The molecule has 0 unspecified atom stereocenters. The molecule has 0 aliphatic rings. The lowest BCUT2D eigenvalue weighted by molar-refractivity contribution is 0.414. The van der Waals surface area contributed by atoms with Crippen molar-refractivity contribution in [2.75, 3.05) is 11.8 Å². The zero-order valence-corrected chi connectivity index (χ0v) is 16.2. The van der Waals surface area contributed by atoms with E-state index in [9.17, 15) is 8.42 Å². The minimum absolute atomic E-state index is 0.373. The summed E-state index contributed by atoms with van der Waals surface area (Å²) in [5.41, 5.74) is 6.15. The average Bonchev–Trinajstić information content (AvgIpc) is 2.52. The second kappa shape index (κ2) is 6.48. The van der Waals surface area contributed by atoms with Crippen molar-refractivity contribution in [2.24, 2.45) is 0 Å². The zero-order chi connectivity index (χ0) is 18.2. The summed E-state index contributed by atoms with van der Waals surface area (Å²) in [7, 11) is -2.08. The molecule has 24 heavy (non-hydrogen) atoms. The van der Waals surface area contributed by atoms with E-state index in [1.165, 1.54) is 0 Å². The van der Waals surface area contributed by atoms with Gasteiger partial charge in [-0.05, 0) is 93.1 Å². The molecule has 0 amide bonds. The van der Waals surface area contributed by atoms with Crippen LogP contribution in [0.25, 0.3) is 0 Å². The molecule has 0 saturated carbocycles. The molecule has 1 N–H and O–H groups in total. The summed E-state index contributed by atoms with van der Waals surface area (Å²) in [6.07, 6.45) is 0. The summed E-state index contributed by atoms with van der Waals surface area (Å²) in [5.74, 6) is 0.699. The summed E-state index contributed by atoms with van der Waals surface area (Å²) < 4.78 is 33.9. The van der Waals surface area contributed by atoms with Crippen LogP contribution >= 0.6 is 0 Å². The fraction of sp³-hybridized carbons (Fsp3) is 0.368. The Morgan fingerprint density at radius 1 is 0.833 bits per heavy atom. The molecular weight excluding hydrogens is 322 g/mol. The summed E-state index contributed by atoms with van der Waals surface area (Å²) in [6.45, 7) is 11.5. The fourth-order valence-electron chi connectivity index (χ4n) is 2.94. The molecule has 0 atom stereocenters. The molecule has 0 spiro atoms. The van der Waals surface area contributed by atoms with Crippen LogP contribution in [-0.2, 0) is 10.0 Å². The Hall–Kier alpha value is -2.01. The number of sulfonamides is 1. The van der Waals surface area contributed by atoms with Gasteiger partial charge in [0.15, 0.2) is 0 Å². The van der Waals surface area contributed by atoms with Crippen LogP contribution in [0.15, 0.2) is 23.1 Å². The maximum Gasteiger partial charge on any atom is 0.262 e. The molecule has 0 aliphatic heterocycles. The van der Waals surface area contributed by atoms with Crippen LogP contribution < -0.4 is 9.46 Å². The number of methoxy groups -OCH3 is 1. The molecule has 2 aromatic rings. The Balaban J connectivity index is 2.57. The molecule has 4 nitrogen and oxygen atoms in total. The molecule has 0 bridgehead atoms. The Labute approximate surface area is 144 Å². The van der Waals surface area contributed by atoms with Crippen LogP contribution in [0, 0.1) is 41.5 Å². The van der Waals surface area contributed by atoms with E-state index < -0.39 is 10.0 Å². The van der Waals surface area contributed by atoms with Gasteiger partial charge >= 0.3 is 0 Å². The zero-order valence-electron chi connectivity index (χ0n) is 15.4. The van der Waals surface area contributed by atoms with Crippen molar-refractivity contribution in [3.8, 4) is 5.75 Å². The van der Waals surface area contributed by atoms with Crippen molar-refractivity contribution in [1.29, 1.82) is 0 Å². The van der Waals surface area contributed by atoms with Gasteiger partial charge in [-0.2, -0.15) is 0 Å². The molecular formula is C19H25NO3S. The van der Waals surface area contributed by atoms with E-state index in [4.69, 9.17) is 4.74 Å². The van der Waals surface area contributed by atoms with Crippen molar-refractivity contribution in [3.63, 3.8) is 0 Å². The fourth-order valence-corrected chi connectivity index (χ4v) is 4.68. The third kappa shape index (κ3) is 3.13. The average molecular weight is 347 g/mol. The predicted octanol–water partition coefficient (Wildman–Crippen LogP) is 4.35. The SMILES string of the molecule is COc1ccc(NS(=O)(=O)c2c(C)c(C)c(C)c(C)c2C)c(C)c1. The third-order valence-electron chi connectivity index (χ3n) is 4.88. The van der Waals surface area contributed by atoms with E-state index in [1.54, 1.807) is 19.2 Å². The van der Waals surface area contributed by atoms with E-state index in [1.807, 2.05) is 47.6 Å². The van der Waals surface area contributed by atoms with Crippen molar-refractivity contribution in [1.82, 2.24) is 0 Å². The minimum atomic E-state index is -3.67. The lowest BCUT2D eigenvalue weighted by Crippen LogP contribution is -2.18. The minimum Gasteiger partial charge on any atom is -0.497 e. The smallest absolute Gasteiger partial charge is 0.262 e. The van der Waals surface area contributed by atoms with Gasteiger partial charge in [-0.3, -0.25) is 4.72 Å². The number of nitrogens with one attached hydrogen (secondary N) is 1. The van der Waals surface area contributed by atoms with Gasteiger partial charge in [-0.15, -0.1) is 0 Å². The number of ether oxygens (including phenoxy) is 1. The monoisotopic (exact) mass is 347 g/mol. The summed E-state index contributed by atoms with van der Waals surface area (Å²) in [4.78, 5) is 0.373. The summed E-state index contributed by atoms with van der Waals surface area (Å²) in [5, 5.41) is 0. The number of hydrogen-bond donors (Lipinski definition) is 1. The van der Waals surface area contributed by atoms with Gasteiger partial charge in [-0.1, -0.05) is 0 Å². The lowest BCUT2D eigenvalue weighted by atomic mass is 9.95. The van der Waals surface area contributed by atoms with Crippen LogP contribution in [0.2, 0.25) is 0 Å². The normalized spacial score (nSPS) is 11.5. The molecule has 0 heterocycles. The highest BCUT2D eigenvalue weighted by Crippen LogP contribution is 2.31. The Bertz CT molecular complexity index is 870. The quantitative estimate of drug-likeness (QED) is 0.895. The first kappa shape index (κ1) is 18.3. The van der Waals surface area contributed by atoms with Gasteiger partial charge in [-0.25, -0.2) is 8.42 Å². The van der Waals surface area contributed by atoms with Gasteiger partial charge in [0.05, 0.1) is 17.7 Å². The number of anilines is 1. The molecule has 2 aromatic carbocycles. The number of benzene rings is 2. The van der Waals surface area contributed by atoms with Crippen molar-refractivity contribution < 1.29 is 13.2 Å². The van der Waals surface area contributed by atoms with Crippen LogP contribution in [0.5, 0.6) is 5.75 Å². The van der Waals surface area contributed by atoms with E-state index in [0.717, 1.165) is 33.4 Å². The van der Waals surface area contributed by atoms with Crippen LogP contribution in [-0.4, -0.2) is 15.5 Å². The standard InChI is InChI=1S/C19H25NO3S/c1-11-10-17(23-7)8-9-18(11)20-24(21,22)19-15(5)13(3)12(2)14(4)16(19)6/h8-10,20H,1-7H3. The van der Waals surface area contributed by atoms with E-state index >= 15 is 0 Å². The molecule has 2 rings (SSSR count). The number of hydrogen-bond acceptors (Lipinski definition) is 3. The Morgan fingerprint density at radius 3 is 1.79 bits per heavy atom. The first-order chi connectivity index (χ1) is 11.1. The predicted molar refractivity (Wildman–Crippen MR) is 98.7 cm³/mol. The summed E-state index contributed by atoms with van der Waals surface area (Å²) in [6, 6.07) is 5.28. The topological polar surface area (TPSA) is 55.4 Å². The Kier molecular flexibility index (Phi) is 4.95. The highest BCUT2D eigenvalue weighted by molar-refractivity contribution is 7.92. The van der Waals surface area contributed by atoms with Gasteiger partial charge in [0.2, 0.25) is 0 Å². The molecule has 130 valence electrons.